The van der Waals surface area contributed by atoms with Gasteiger partial charge in [-0.1, -0.05) is 57.9 Å². The lowest BCUT2D eigenvalue weighted by atomic mass is 9.44. The van der Waals surface area contributed by atoms with Crippen LogP contribution in [0.15, 0.2) is 23.3 Å². The molecule has 4 saturated heterocycles. The molecule has 1 aromatic rings. The van der Waals surface area contributed by atoms with Gasteiger partial charge in [0.25, 0.3) is 0 Å². The fourth-order valence-corrected chi connectivity index (χ4v) is 19.7. The van der Waals surface area contributed by atoms with Crippen molar-refractivity contribution in [1.82, 2.24) is 9.97 Å². The maximum atomic E-state index is 15.1. The van der Waals surface area contributed by atoms with Crippen molar-refractivity contribution in [2.24, 2.45) is 74.9 Å². The Kier molecular flexibility index (Phi) is 9.34. The van der Waals surface area contributed by atoms with Crippen LogP contribution in [0.5, 0.6) is 0 Å². The highest BCUT2D eigenvalue weighted by atomic mass is 16.7. The maximum absolute atomic E-state index is 15.1. The Hall–Kier alpha value is -2.17. The number of hydrogen-bond donors (Lipinski definition) is 5. The predicted octanol–water partition coefficient (Wildman–Crippen LogP) is 5.65. The van der Waals surface area contributed by atoms with Gasteiger partial charge < -0.3 is 49.2 Å². The van der Waals surface area contributed by atoms with Crippen molar-refractivity contribution in [2.75, 3.05) is 20.3 Å². The number of carbonyl (C=O) groups is 1. The van der Waals surface area contributed by atoms with Crippen molar-refractivity contribution in [1.29, 1.82) is 0 Å². The number of rotatable bonds is 2. The quantitative estimate of drug-likeness (QED) is 0.229. The second-order valence-corrected chi connectivity index (χ2v) is 26.3. The van der Waals surface area contributed by atoms with Gasteiger partial charge in [-0.15, -0.1) is 0 Å². The summed E-state index contributed by atoms with van der Waals surface area (Å²) in [6.07, 6.45) is 9.58. The zero-order chi connectivity index (χ0) is 47.9. The van der Waals surface area contributed by atoms with E-state index in [1.54, 1.807) is 6.92 Å². The minimum atomic E-state index is -1.51. The molecule has 4 aliphatic heterocycles. The average Bonchev–Trinajstić information content (AvgIpc) is 4.01. The van der Waals surface area contributed by atoms with Gasteiger partial charge in [0.05, 0.1) is 58.7 Å². The van der Waals surface area contributed by atoms with Crippen LogP contribution in [0.2, 0.25) is 0 Å². The molecule has 22 atom stereocenters. The fraction of sp³-hybridized carbons (Fsp3) is 0.836. The molecule has 12 aliphatic rings. The molecule has 3 spiro atoms. The minimum Gasteiger partial charge on any atom is -0.393 e. The number of aliphatic hydroxyl groups excluding tert-OH is 4. The smallest absolute Gasteiger partial charge is 0.201 e. The number of ketones is 1. The average molecular weight is 941 g/mol. The highest BCUT2D eigenvalue weighted by Crippen LogP contribution is 2.73. The molecule has 13 heteroatoms. The van der Waals surface area contributed by atoms with E-state index in [1.165, 1.54) is 5.57 Å². The zero-order valence-electron chi connectivity index (χ0n) is 41.7. The summed E-state index contributed by atoms with van der Waals surface area (Å²) in [6.45, 7) is 16.6. The number of fused-ring (bicyclic) bond motifs is 13. The molecule has 0 aromatic carbocycles. The van der Waals surface area contributed by atoms with Crippen molar-refractivity contribution in [3.05, 3.63) is 46.1 Å². The van der Waals surface area contributed by atoms with Crippen molar-refractivity contribution < 1.29 is 54.0 Å². The number of ether oxygens (including phenoxy) is 5. The van der Waals surface area contributed by atoms with Crippen LogP contribution in [0.25, 0.3) is 0 Å². The van der Waals surface area contributed by atoms with Gasteiger partial charge in [0, 0.05) is 49.0 Å². The first-order chi connectivity index (χ1) is 32.0. The van der Waals surface area contributed by atoms with Gasteiger partial charge in [0.1, 0.15) is 35.8 Å². The normalized spacial score (nSPS) is 56.6. The molecule has 0 bridgehead atoms. The first-order valence-electron chi connectivity index (χ1n) is 26.5. The Labute approximate surface area is 401 Å². The SMILES string of the molecule is CO[C@H]1c2nc3c(nc2C[C@@H]2CC[C@H]4C5=CCC6[C@H](C)[C@@]7(OC[C@]56C(=O)C[C@@H]4[C@]21C)OC(C)(C)C[C@H]7O)C[C@@]1(C)[C@@H](CC[C@H]2C4=C[C@@H]5OC6(O[C@](C)(CO)C[C@H]6O)C(C)[C@]5(O)[C@@]4(C)[C@H](O)C[C@@H]21)C3. The number of aromatic nitrogens is 2. The molecule has 68 heavy (non-hydrogen) atoms. The maximum Gasteiger partial charge on any atom is 0.201 e. The lowest BCUT2D eigenvalue weighted by molar-refractivity contribution is -0.336. The summed E-state index contributed by atoms with van der Waals surface area (Å²) >= 11 is 0. The number of allylic oxidation sites excluding steroid dienone is 1. The van der Waals surface area contributed by atoms with Gasteiger partial charge in [0.15, 0.2) is 5.79 Å². The van der Waals surface area contributed by atoms with Crippen LogP contribution in [0.4, 0.5) is 0 Å². The van der Waals surface area contributed by atoms with Crippen molar-refractivity contribution >= 4 is 5.78 Å². The molecule has 8 fully saturated rings. The molecule has 13 nitrogen and oxygen atoms in total. The Bertz CT molecular complexity index is 2440. The van der Waals surface area contributed by atoms with Crippen LogP contribution in [-0.2, 0) is 47.7 Å². The molecule has 13 rings (SSSR count). The second-order valence-electron chi connectivity index (χ2n) is 26.3. The van der Waals surface area contributed by atoms with Crippen LogP contribution in [0.3, 0.4) is 0 Å². The van der Waals surface area contributed by atoms with E-state index >= 15 is 4.79 Å². The highest BCUT2D eigenvalue weighted by molar-refractivity contribution is 5.91. The topological polar surface area (TPSA) is 190 Å². The van der Waals surface area contributed by atoms with Gasteiger partial charge in [-0.05, 0) is 125 Å². The van der Waals surface area contributed by atoms with Crippen LogP contribution >= 0.6 is 0 Å². The molecule has 3 unspecified atom stereocenters. The highest BCUT2D eigenvalue weighted by Gasteiger charge is 2.79. The molecule has 4 saturated carbocycles. The number of hydrogen-bond acceptors (Lipinski definition) is 13. The molecular formula is C55H76N2O11. The molecule has 1 aromatic heterocycles. The molecule has 5 heterocycles. The van der Waals surface area contributed by atoms with Crippen molar-refractivity contribution in [2.45, 2.75) is 191 Å². The summed E-state index contributed by atoms with van der Waals surface area (Å²) in [5.74, 6) is -1.85. The lowest BCUT2D eigenvalue weighted by Crippen LogP contribution is -2.65. The molecule has 8 aliphatic carbocycles. The third kappa shape index (κ3) is 5.12. The van der Waals surface area contributed by atoms with Gasteiger partial charge >= 0.3 is 0 Å². The van der Waals surface area contributed by atoms with Gasteiger partial charge in [-0.25, -0.2) is 0 Å². The molecule has 372 valence electrons. The van der Waals surface area contributed by atoms with Crippen molar-refractivity contribution in [3.63, 3.8) is 0 Å². The molecular weight excluding hydrogens is 865 g/mol. The van der Waals surface area contributed by atoms with Gasteiger partial charge in [0.2, 0.25) is 5.79 Å². The summed E-state index contributed by atoms with van der Waals surface area (Å²) in [6, 6.07) is 0. The first-order valence-corrected chi connectivity index (χ1v) is 26.5. The summed E-state index contributed by atoms with van der Waals surface area (Å²) in [5.41, 5.74) is 1.26. The standard InChI is InChI=1S/C55H76N2O11/c1-26-32-14-15-33-30-13-11-29-17-38-45(46(64-9)50(29,7)35(30)19-41(60)52(32,33)25-65-54(26)42(61)22-47(3,4)67-54)57-37-16-28-10-12-31-34(49(28,6)21-39(37)56-38)18-40(59)51(8)36(31)20-44-53(51,63)27(2)55(66-44)43(62)23-48(5,24-58)68-55/h15,20,26-32,34-35,40,42-44,46,58-59,61-63H,10-14,16-19,21-25H2,1-9H3/t26-,27?,28-,29-,30-,31+,32?,34-,35-,40+,42+,43+,44-,46-,48-,49-,50-,51+,52+,53+,54+,55?/m0/s1. The molecule has 5 N–H and O–H groups in total. The third-order valence-corrected chi connectivity index (χ3v) is 23.2. The number of carbonyl (C=O) groups excluding carboxylic acids is 1. The largest absolute Gasteiger partial charge is 0.393 e. The Morgan fingerprint density at radius 2 is 1.50 bits per heavy atom. The summed E-state index contributed by atoms with van der Waals surface area (Å²) in [4.78, 5) is 26.3. The zero-order valence-corrected chi connectivity index (χ0v) is 41.7. The minimum absolute atomic E-state index is 0.0246. The van der Waals surface area contributed by atoms with E-state index in [4.69, 9.17) is 33.7 Å². The van der Waals surface area contributed by atoms with E-state index in [1.807, 2.05) is 34.8 Å². The second kappa shape index (κ2) is 13.9. The van der Waals surface area contributed by atoms with E-state index < -0.39 is 69.5 Å². The van der Waals surface area contributed by atoms with Crippen LogP contribution in [0.1, 0.15) is 142 Å². The third-order valence-electron chi connectivity index (χ3n) is 23.2. The Balaban J connectivity index is 0.784. The molecule has 0 amide bonds. The van der Waals surface area contributed by atoms with E-state index in [9.17, 15) is 25.5 Å². The molecule has 0 radical (unpaired) electrons. The summed E-state index contributed by atoms with van der Waals surface area (Å²) in [5, 5.41) is 58.4. The first kappa shape index (κ1) is 45.7. The summed E-state index contributed by atoms with van der Waals surface area (Å²) in [7, 11) is 1.82. The van der Waals surface area contributed by atoms with E-state index in [0.29, 0.717) is 25.2 Å². The fourth-order valence-electron chi connectivity index (χ4n) is 19.7. The number of nitrogens with zero attached hydrogens (tertiary/aromatic N) is 2. The van der Waals surface area contributed by atoms with Crippen LogP contribution < -0.4 is 0 Å². The number of methoxy groups -OCH3 is 1. The van der Waals surface area contributed by atoms with E-state index in [2.05, 4.69) is 32.9 Å². The Morgan fingerprint density at radius 3 is 2.19 bits per heavy atom. The Morgan fingerprint density at radius 1 is 0.794 bits per heavy atom. The van der Waals surface area contributed by atoms with Crippen LogP contribution in [-0.4, -0.2) is 114 Å². The van der Waals surface area contributed by atoms with Gasteiger partial charge in [-0.2, -0.15) is 0 Å². The van der Waals surface area contributed by atoms with Crippen LogP contribution in [0, 0.1) is 74.9 Å². The van der Waals surface area contributed by atoms with E-state index in [-0.39, 0.29) is 83.8 Å². The summed E-state index contributed by atoms with van der Waals surface area (Å²) < 4.78 is 33.0. The van der Waals surface area contributed by atoms with Crippen molar-refractivity contribution in [3.8, 4) is 0 Å². The number of Topliss-reactive ketones (excluding diaryl/α,β-unsaturated/α-hetero) is 1. The number of aliphatic hydroxyl groups is 5. The monoisotopic (exact) mass is 941 g/mol. The van der Waals surface area contributed by atoms with E-state index in [0.717, 1.165) is 79.7 Å². The predicted molar refractivity (Wildman–Crippen MR) is 246 cm³/mol. The lowest BCUT2D eigenvalue weighted by Gasteiger charge is -2.62. The van der Waals surface area contributed by atoms with Gasteiger partial charge in [-0.3, -0.25) is 14.8 Å².